The van der Waals surface area contributed by atoms with Crippen molar-refractivity contribution < 1.29 is 9.18 Å². The third-order valence-corrected chi connectivity index (χ3v) is 5.40. The lowest BCUT2D eigenvalue weighted by atomic mass is 10.3. The highest BCUT2D eigenvalue weighted by Crippen LogP contribution is 2.22. The van der Waals surface area contributed by atoms with E-state index in [9.17, 15) is 14.0 Å². The van der Waals surface area contributed by atoms with Crippen LogP contribution < -0.4 is 10.9 Å². The summed E-state index contributed by atoms with van der Waals surface area (Å²) in [5, 5.41) is 7.39. The molecule has 7 nitrogen and oxygen atoms in total. The van der Waals surface area contributed by atoms with Crippen molar-refractivity contribution in [2.75, 3.05) is 11.1 Å². The first kappa shape index (κ1) is 20.3. The molecule has 1 N–H and O–H groups in total. The van der Waals surface area contributed by atoms with Crippen molar-refractivity contribution in [3.63, 3.8) is 0 Å². The van der Waals surface area contributed by atoms with E-state index in [4.69, 9.17) is 11.6 Å². The number of hydrogen-bond donors (Lipinski definition) is 1. The van der Waals surface area contributed by atoms with Gasteiger partial charge in [-0.05, 0) is 39.0 Å². The summed E-state index contributed by atoms with van der Waals surface area (Å²) in [6, 6.07) is 3.95. The molecule has 148 valence electrons. The third-order valence-electron chi connectivity index (χ3n) is 4.13. The Morgan fingerprint density at radius 2 is 2.07 bits per heavy atom. The molecular weight excluding hydrogens is 405 g/mol. The van der Waals surface area contributed by atoms with E-state index < -0.39 is 5.82 Å². The second-order valence-corrected chi connectivity index (χ2v) is 7.36. The van der Waals surface area contributed by atoms with Gasteiger partial charge in [-0.2, -0.15) is 5.10 Å². The van der Waals surface area contributed by atoms with Crippen LogP contribution in [0.4, 0.5) is 10.1 Å². The lowest BCUT2D eigenvalue weighted by Gasteiger charge is -2.11. The second kappa shape index (κ2) is 8.32. The summed E-state index contributed by atoms with van der Waals surface area (Å²) < 4.78 is 16.4. The van der Waals surface area contributed by atoms with Crippen LogP contribution in [-0.2, 0) is 17.9 Å². The number of aromatic nitrogens is 4. The van der Waals surface area contributed by atoms with Crippen LogP contribution in [0.15, 0.2) is 28.2 Å². The Morgan fingerprint density at radius 1 is 1.32 bits per heavy atom. The number of anilines is 1. The van der Waals surface area contributed by atoms with Gasteiger partial charge in [0, 0.05) is 18.8 Å². The Labute approximate surface area is 169 Å². The van der Waals surface area contributed by atoms with E-state index in [0.717, 1.165) is 11.8 Å². The second-order valence-electron chi connectivity index (χ2n) is 6.01. The molecule has 0 saturated heterocycles. The molecule has 0 atom stereocenters. The zero-order chi connectivity index (χ0) is 20.4. The van der Waals surface area contributed by atoms with Crippen LogP contribution in [0.5, 0.6) is 0 Å². The van der Waals surface area contributed by atoms with Gasteiger partial charge in [-0.3, -0.25) is 18.8 Å². The number of carbonyl (C=O) groups is 1. The molecule has 2 heterocycles. The van der Waals surface area contributed by atoms with Crippen LogP contribution in [0, 0.1) is 12.7 Å². The molecule has 0 unspecified atom stereocenters. The molecule has 28 heavy (non-hydrogen) atoms. The van der Waals surface area contributed by atoms with E-state index in [1.807, 2.05) is 13.8 Å². The summed E-state index contributed by atoms with van der Waals surface area (Å²) in [7, 11) is 0. The molecule has 3 aromatic rings. The van der Waals surface area contributed by atoms with Gasteiger partial charge in [0.25, 0.3) is 5.56 Å². The van der Waals surface area contributed by atoms with Gasteiger partial charge in [-0.15, -0.1) is 0 Å². The number of rotatable bonds is 6. The number of hydrogen-bond acceptors (Lipinski definition) is 5. The Morgan fingerprint density at radius 3 is 2.71 bits per heavy atom. The van der Waals surface area contributed by atoms with Crippen molar-refractivity contribution in [1.29, 1.82) is 0 Å². The van der Waals surface area contributed by atoms with E-state index in [-0.39, 0.29) is 22.2 Å². The van der Waals surface area contributed by atoms with Crippen molar-refractivity contribution in [1.82, 2.24) is 19.3 Å². The van der Waals surface area contributed by atoms with Crippen LogP contribution in [0.2, 0.25) is 5.02 Å². The Hall–Kier alpha value is -2.39. The average Bonchev–Trinajstić information content (AvgIpc) is 2.99. The summed E-state index contributed by atoms with van der Waals surface area (Å²) in [4.78, 5) is 29.7. The van der Waals surface area contributed by atoms with Crippen molar-refractivity contribution >= 4 is 46.0 Å². The first-order valence-electron chi connectivity index (χ1n) is 8.71. The maximum Gasteiger partial charge on any atom is 0.280 e. The number of fused-ring (bicyclic) bond motifs is 1. The highest BCUT2D eigenvalue weighted by atomic mass is 35.5. The van der Waals surface area contributed by atoms with E-state index in [1.165, 1.54) is 22.8 Å². The highest BCUT2D eigenvalue weighted by molar-refractivity contribution is 7.99. The number of nitrogens with one attached hydrogen (secondary N) is 1. The molecule has 0 spiro atoms. The molecule has 2 aromatic heterocycles. The zero-order valence-corrected chi connectivity index (χ0v) is 17.2. The Kier molecular flexibility index (Phi) is 6.04. The monoisotopic (exact) mass is 423 g/mol. The lowest BCUT2D eigenvalue weighted by Crippen LogP contribution is -2.25. The molecule has 0 aliphatic rings. The van der Waals surface area contributed by atoms with E-state index in [2.05, 4.69) is 15.4 Å². The summed E-state index contributed by atoms with van der Waals surface area (Å²) >= 11 is 6.88. The standard InChI is InChI=1S/C18H19ClFN5O2S/c1-4-24-17(27)16-15(10(3)23-25(16)5-2)22-18(24)28-9-14(26)21-11-6-7-13(20)12(19)8-11/h6-8H,4-5,9H2,1-3H3,(H,21,26). The van der Waals surface area contributed by atoms with Crippen LogP contribution in [0.3, 0.4) is 0 Å². The van der Waals surface area contributed by atoms with Gasteiger partial charge >= 0.3 is 0 Å². The van der Waals surface area contributed by atoms with Gasteiger partial charge in [0.2, 0.25) is 5.91 Å². The summed E-state index contributed by atoms with van der Waals surface area (Å²) in [6.45, 7) is 6.55. The van der Waals surface area contributed by atoms with E-state index in [1.54, 1.807) is 11.6 Å². The fraction of sp³-hybridized carbons (Fsp3) is 0.333. The first-order chi connectivity index (χ1) is 13.3. The quantitative estimate of drug-likeness (QED) is 0.485. The third kappa shape index (κ3) is 3.90. The van der Waals surface area contributed by atoms with Crippen molar-refractivity contribution in [3.8, 4) is 0 Å². The molecule has 1 aromatic carbocycles. The van der Waals surface area contributed by atoms with Gasteiger partial charge in [0.05, 0.1) is 16.5 Å². The fourth-order valence-corrected chi connectivity index (χ4v) is 3.84. The van der Waals surface area contributed by atoms with Crippen LogP contribution in [-0.4, -0.2) is 31.0 Å². The molecule has 1 amide bonds. The SMILES string of the molecule is CCn1c(SCC(=O)Nc2ccc(F)c(Cl)c2)nc2c(C)nn(CC)c2c1=O. The molecule has 0 bridgehead atoms. The minimum absolute atomic E-state index is 0.0356. The van der Waals surface area contributed by atoms with Crippen molar-refractivity contribution in [2.24, 2.45) is 0 Å². The number of carbonyl (C=O) groups excluding carboxylic acids is 1. The minimum atomic E-state index is -0.554. The topological polar surface area (TPSA) is 81.8 Å². The molecule has 0 aliphatic heterocycles. The fourth-order valence-electron chi connectivity index (χ4n) is 2.81. The maximum absolute atomic E-state index is 13.2. The maximum atomic E-state index is 13.2. The molecule has 0 saturated carbocycles. The van der Waals surface area contributed by atoms with Crippen LogP contribution >= 0.6 is 23.4 Å². The van der Waals surface area contributed by atoms with Gasteiger partial charge in [-0.1, -0.05) is 23.4 Å². The van der Waals surface area contributed by atoms with E-state index in [0.29, 0.717) is 40.7 Å². The summed E-state index contributed by atoms with van der Waals surface area (Å²) in [5.74, 6) is -0.833. The predicted octanol–water partition coefficient (Wildman–Crippen LogP) is 3.46. The number of nitrogens with zero attached hydrogens (tertiary/aromatic N) is 4. The first-order valence-corrected chi connectivity index (χ1v) is 10.1. The Bertz CT molecular complexity index is 1110. The predicted molar refractivity (Wildman–Crippen MR) is 109 cm³/mol. The number of halogens is 2. The molecule has 0 radical (unpaired) electrons. The highest BCUT2D eigenvalue weighted by Gasteiger charge is 2.18. The summed E-state index contributed by atoms with van der Waals surface area (Å²) in [6.07, 6.45) is 0. The minimum Gasteiger partial charge on any atom is -0.325 e. The molecule has 0 fully saturated rings. The zero-order valence-electron chi connectivity index (χ0n) is 15.6. The number of thioether (sulfide) groups is 1. The largest absolute Gasteiger partial charge is 0.325 e. The molecular formula is C18H19ClFN5O2S. The lowest BCUT2D eigenvalue weighted by molar-refractivity contribution is -0.113. The van der Waals surface area contributed by atoms with Gasteiger partial charge in [0.1, 0.15) is 11.3 Å². The van der Waals surface area contributed by atoms with Gasteiger partial charge < -0.3 is 5.32 Å². The number of aryl methyl sites for hydroxylation is 2. The average molecular weight is 424 g/mol. The molecule has 0 aliphatic carbocycles. The van der Waals surface area contributed by atoms with Crippen LogP contribution in [0.1, 0.15) is 19.5 Å². The number of benzene rings is 1. The molecule has 3 rings (SSSR count). The van der Waals surface area contributed by atoms with Gasteiger partial charge in [0.15, 0.2) is 10.7 Å². The molecule has 10 heteroatoms. The van der Waals surface area contributed by atoms with Crippen LogP contribution in [0.25, 0.3) is 11.0 Å². The normalized spacial score (nSPS) is 11.2. The van der Waals surface area contributed by atoms with Gasteiger partial charge in [-0.25, -0.2) is 9.37 Å². The smallest absolute Gasteiger partial charge is 0.280 e. The number of amides is 1. The van der Waals surface area contributed by atoms with E-state index >= 15 is 0 Å². The summed E-state index contributed by atoms with van der Waals surface area (Å²) in [5.41, 5.74) is 1.90. The van der Waals surface area contributed by atoms with Crippen molar-refractivity contribution in [3.05, 3.63) is 45.1 Å². The Balaban J connectivity index is 1.83. The van der Waals surface area contributed by atoms with Crippen molar-refractivity contribution in [2.45, 2.75) is 39.0 Å².